The van der Waals surface area contributed by atoms with Gasteiger partial charge in [0, 0.05) is 12.1 Å². The van der Waals surface area contributed by atoms with Crippen molar-refractivity contribution in [1.29, 1.82) is 0 Å². The van der Waals surface area contributed by atoms with E-state index in [0.29, 0.717) is 13.2 Å². The molecule has 0 aromatic heterocycles. The van der Waals surface area contributed by atoms with E-state index in [9.17, 15) is 4.79 Å². The first-order valence-electron chi connectivity index (χ1n) is 5.73. The van der Waals surface area contributed by atoms with Crippen molar-refractivity contribution in [3.63, 3.8) is 0 Å². The van der Waals surface area contributed by atoms with Gasteiger partial charge in [0.2, 0.25) is 0 Å². The van der Waals surface area contributed by atoms with Crippen LogP contribution in [0.5, 0.6) is 0 Å². The van der Waals surface area contributed by atoms with Gasteiger partial charge >= 0.3 is 5.97 Å². The first kappa shape index (κ1) is 14.2. The molecule has 0 bridgehead atoms. The molecule has 0 spiro atoms. The fraction of sp³-hybridized carbons (Fsp3) is 0.750. The van der Waals surface area contributed by atoms with Gasteiger partial charge < -0.3 is 10.5 Å². The van der Waals surface area contributed by atoms with Crippen molar-refractivity contribution in [3.05, 3.63) is 11.1 Å². The summed E-state index contributed by atoms with van der Waals surface area (Å²) in [7, 11) is 0. The van der Waals surface area contributed by atoms with Crippen LogP contribution < -0.4 is 5.73 Å². The van der Waals surface area contributed by atoms with Gasteiger partial charge in [-0.1, -0.05) is 25.8 Å². The molecule has 3 heteroatoms. The molecule has 0 aliphatic carbocycles. The molecule has 0 aliphatic heterocycles. The second-order valence-corrected chi connectivity index (χ2v) is 3.61. The third-order valence-corrected chi connectivity index (χ3v) is 2.45. The van der Waals surface area contributed by atoms with E-state index in [1.165, 1.54) is 5.57 Å². The summed E-state index contributed by atoms with van der Waals surface area (Å²) in [5.74, 6) is -0.214. The lowest BCUT2D eigenvalue weighted by atomic mass is 10.0. The minimum Gasteiger partial charge on any atom is -0.461 e. The first-order chi connectivity index (χ1) is 7.17. The van der Waals surface area contributed by atoms with Crippen LogP contribution in [0.15, 0.2) is 11.1 Å². The zero-order valence-electron chi connectivity index (χ0n) is 10.1. The summed E-state index contributed by atoms with van der Waals surface area (Å²) in [4.78, 5) is 11.5. The number of ether oxygens (including phenoxy) is 1. The van der Waals surface area contributed by atoms with Crippen molar-refractivity contribution in [1.82, 2.24) is 0 Å². The van der Waals surface area contributed by atoms with Crippen molar-refractivity contribution in [2.45, 2.75) is 46.5 Å². The van der Waals surface area contributed by atoms with Gasteiger partial charge in [0.25, 0.3) is 0 Å². The predicted octanol–water partition coefficient (Wildman–Crippen LogP) is 2.41. The Bertz CT molecular complexity index is 222. The van der Waals surface area contributed by atoms with Crippen LogP contribution in [-0.4, -0.2) is 19.1 Å². The number of carbonyl (C=O) groups excluding carboxylic acids is 1. The maximum atomic E-state index is 11.5. The molecule has 0 rings (SSSR count). The second-order valence-electron chi connectivity index (χ2n) is 3.61. The summed E-state index contributed by atoms with van der Waals surface area (Å²) < 4.78 is 4.99. The molecule has 0 amide bonds. The number of rotatable bonds is 7. The van der Waals surface area contributed by atoms with Crippen LogP contribution in [0.4, 0.5) is 0 Å². The molecule has 0 fully saturated rings. The molecule has 0 atom stereocenters. The van der Waals surface area contributed by atoms with Crippen molar-refractivity contribution >= 4 is 5.97 Å². The molecule has 0 radical (unpaired) electrons. The Hall–Kier alpha value is -0.830. The molecule has 0 heterocycles. The summed E-state index contributed by atoms with van der Waals surface area (Å²) in [5.41, 5.74) is 7.24. The van der Waals surface area contributed by atoms with Gasteiger partial charge in [-0.25, -0.2) is 4.79 Å². The van der Waals surface area contributed by atoms with Crippen LogP contribution in [0.3, 0.4) is 0 Å². The van der Waals surface area contributed by atoms with Gasteiger partial charge in [-0.2, -0.15) is 0 Å². The highest BCUT2D eigenvalue weighted by atomic mass is 16.5. The summed E-state index contributed by atoms with van der Waals surface area (Å²) in [6.07, 6.45) is 4.19. The highest BCUT2D eigenvalue weighted by Gasteiger charge is 2.10. The van der Waals surface area contributed by atoms with Crippen molar-refractivity contribution in [2.24, 2.45) is 5.73 Å². The fourth-order valence-electron chi connectivity index (χ4n) is 1.42. The summed E-state index contributed by atoms with van der Waals surface area (Å²) in [5, 5.41) is 0. The van der Waals surface area contributed by atoms with E-state index in [2.05, 4.69) is 13.8 Å². The fourth-order valence-corrected chi connectivity index (χ4v) is 1.42. The lowest BCUT2D eigenvalue weighted by Crippen LogP contribution is -2.15. The Kier molecular flexibility index (Phi) is 8.01. The number of allylic oxidation sites excluding steroid dienone is 1. The summed E-state index contributed by atoms with van der Waals surface area (Å²) >= 11 is 0. The molecule has 3 nitrogen and oxygen atoms in total. The van der Waals surface area contributed by atoms with Crippen LogP contribution in [0.2, 0.25) is 0 Å². The maximum Gasteiger partial charge on any atom is 0.333 e. The second kappa shape index (κ2) is 8.48. The van der Waals surface area contributed by atoms with E-state index in [4.69, 9.17) is 10.5 Å². The Balaban J connectivity index is 4.34. The molecule has 15 heavy (non-hydrogen) atoms. The topological polar surface area (TPSA) is 52.3 Å². The number of carbonyl (C=O) groups is 1. The van der Waals surface area contributed by atoms with Gasteiger partial charge in [0.15, 0.2) is 0 Å². The molecular formula is C12H23NO2. The third kappa shape index (κ3) is 5.57. The molecule has 2 N–H and O–H groups in total. The maximum absolute atomic E-state index is 11.5. The smallest absolute Gasteiger partial charge is 0.333 e. The molecular weight excluding hydrogens is 190 g/mol. The average molecular weight is 213 g/mol. The average Bonchev–Trinajstić information content (AvgIpc) is 2.26. The molecule has 0 saturated carbocycles. The molecule has 88 valence electrons. The number of esters is 1. The van der Waals surface area contributed by atoms with E-state index in [1.807, 2.05) is 6.92 Å². The zero-order chi connectivity index (χ0) is 11.7. The van der Waals surface area contributed by atoms with Gasteiger partial charge in [0.1, 0.15) is 6.61 Å². The Morgan fingerprint density at radius 2 is 2.00 bits per heavy atom. The standard InChI is InChI=1S/C12H23NO2/c1-4-6-7-11(5-2)10(3)12(14)15-9-8-13/h4-9,13H2,1-3H3. The number of hydrogen-bond acceptors (Lipinski definition) is 3. The number of hydrogen-bond donors (Lipinski definition) is 1. The lowest BCUT2D eigenvalue weighted by Gasteiger charge is -2.09. The first-order valence-corrected chi connectivity index (χ1v) is 5.73. The largest absolute Gasteiger partial charge is 0.461 e. The van der Waals surface area contributed by atoms with Crippen LogP contribution in [-0.2, 0) is 9.53 Å². The highest BCUT2D eigenvalue weighted by Crippen LogP contribution is 2.17. The van der Waals surface area contributed by atoms with Crippen molar-refractivity contribution < 1.29 is 9.53 Å². The quantitative estimate of drug-likeness (QED) is 0.522. The zero-order valence-corrected chi connectivity index (χ0v) is 10.1. The molecule has 0 unspecified atom stereocenters. The lowest BCUT2D eigenvalue weighted by molar-refractivity contribution is -0.138. The Morgan fingerprint density at radius 1 is 1.33 bits per heavy atom. The van der Waals surface area contributed by atoms with E-state index < -0.39 is 0 Å². The van der Waals surface area contributed by atoms with Crippen LogP contribution in [0, 0.1) is 0 Å². The van der Waals surface area contributed by atoms with Gasteiger partial charge in [-0.15, -0.1) is 0 Å². The molecule has 0 aliphatic rings. The van der Waals surface area contributed by atoms with E-state index in [1.54, 1.807) is 0 Å². The van der Waals surface area contributed by atoms with E-state index >= 15 is 0 Å². The van der Waals surface area contributed by atoms with E-state index in [-0.39, 0.29) is 5.97 Å². The third-order valence-electron chi connectivity index (χ3n) is 2.45. The highest BCUT2D eigenvalue weighted by molar-refractivity contribution is 5.88. The molecule has 0 aromatic rings. The summed E-state index contributed by atoms with van der Waals surface area (Å²) in [6, 6.07) is 0. The van der Waals surface area contributed by atoms with Crippen LogP contribution >= 0.6 is 0 Å². The predicted molar refractivity (Wildman–Crippen MR) is 62.5 cm³/mol. The van der Waals surface area contributed by atoms with Gasteiger partial charge in [-0.3, -0.25) is 0 Å². The number of unbranched alkanes of at least 4 members (excludes halogenated alkanes) is 1. The van der Waals surface area contributed by atoms with Crippen molar-refractivity contribution in [3.8, 4) is 0 Å². The molecule has 0 aromatic carbocycles. The Labute approximate surface area is 92.7 Å². The Morgan fingerprint density at radius 3 is 2.47 bits per heavy atom. The normalized spacial score (nSPS) is 12.3. The van der Waals surface area contributed by atoms with Gasteiger partial charge in [-0.05, 0) is 26.2 Å². The van der Waals surface area contributed by atoms with Gasteiger partial charge in [0.05, 0.1) is 0 Å². The van der Waals surface area contributed by atoms with Crippen molar-refractivity contribution in [2.75, 3.05) is 13.2 Å². The minimum atomic E-state index is -0.214. The molecule has 0 saturated heterocycles. The minimum absolute atomic E-state index is 0.214. The monoisotopic (exact) mass is 213 g/mol. The summed E-state index contributed by atoms with van der Waals surface area (Å²) in [6.45, 7) is 6.75. The van der Waals surface area contributed by atoms with E-state index in [0.717, 1.165) is 31.3 Å². The SMILES string of the molecule is CCCCC(CC)=C(C)C(=O)OCCN. The van der Waals surface area contributed by atoms with Crippen LogP contribution in [0.1, 0.15) is 46.5 Å². The number of nitrogens with two attached hydrogens (primary N) is 1. The van der Waals surface area contributed by atoms with Crippen LogP contribution in [0.25, 0.3) is 0 Å².